The van der Waals surface area contributed by atoms with Gasteiger partial charge in [0, 0.05) is 16.5 Å². The van der Waals surface area contributed by atoms with Crippen molar-refractivity contribution in [3.63, 3.8) is 0 Å². The Morgan fingerprint density at radius 3 is 2.46 bits per heavy atom. The zero-order chi connectivity index (χ0) is 20.3. The Morgan fingerprint density at radius 2 is 1.82 bits per heavy atom. The first-order chi connectivity index (χ1) is 13.2. The van der Waals surface area contributed by atoms with E-state index < -0.39 is 0 Å². The summed E-state index contributed by atoms with van der Waals surface area (Å²) in [6.45, 7) is 6.03. The lowest BCUT2D eigenvalue weighted by Gasteiger charge is -2.14. The summed E-state index contributed by atoms with van der Waals surface area (Å²) in [6, 6.07) is 16.4. The molecule has 5 nitrogen and oxygen atoms in total. The lowest BCUT2D eigenvalue weighted by Crippen LogP contribution is -2.22. The van der Waals surface area contributed by atoms with Crippen LogP contribution in [0.1, 0.15) is 26.5 Å². The van der Waals surface area contributed by atoms with Gasteiger partial charge in [0.05, 0.1) is 16.4 Å². The second kappa shape index (κ2) is 8.25. The zero-order valence-corrected chi connectivity index (χ0v) is 17.4. The van der Waals surface area contributed by atoms with Crippen molar-refractivity contribution in [2.75, 3.05) is 11.9 Å². The van der Waals surface area contributed by atoms with Crippen LogP contribution in [0.25, 0.3) is 5.69 Å². The Labute approximate surface area is 174 Å². The molecule has 1 aromatic heterocycles. The Balaban J connectivity index is 1.78. The molecule has 0 spiro atoms. The summed E-state index contributed by atoms with van der Waals surface area (Å²) < 4.78 is 7.23. The summed E-state index contributed by atoms with van der Waals surface area (Å²) in [5, 5.41) is 8.40. The molecule has 28 heavy (non-hydrogen) atoms. The summed E-state index contributed by atoms with van der Waals surface area (Å²) >= 11 is 11.9. The highest BCUT2D eigenvalue weighted by Crippen LogP contribution is 2.28. The Kier molecular flexibility index (Phi) is 5.96. The molecule has 0 aliphatic carbocycles. The van der Waals surface area contributed by atoms with Crippen LogP contribution in [-0.4, -0.2) is 22.3 Å². The van der Waals surface area contributed by atoms with Gasteiger partial charge in [0.2, 0.25) is 0 Å². The third-order valence-electron chi connectivity index (χ3n) is 4.00. The van der Waals surface area contributed by atoms with E-state index in [1.165, 1.54) is 0 Å². The minimum atomic E-state index is -0.316. The molecule has 146 valence electrons. The van der Waals surface area contributed by atoms with Crippen LogP contribution in [0.2, 0.25) is 10.0 Å². The molecule has 0 aliphatic rings. The first-order valence-electron chi connectivity index (χ1n) is 8.78. The van der Waals surface area contributed by atoms with Gasteiger partial charge in [-0.1, -0.05) is 62.2 Å². The van der Waals surface area contributed by atoms with Gasteiger partial charge >= 0.3 is 0 Å². The number of carbonyl (C=O) groups excluding carboxylic acids is 1. The standard InChI is InChI=1S/C21H21Cl2N3O2/c1-21(2,3)18-12-19(26(25-18)15-7-5-4-6-8-15)24-20(27)13-28-17-10-9-14(22)11-16(17)23/h4-12H,13H2,1-3H3,(H,24,27). The molecule has 0 unspecified atom stereocenters. The van der Waals surface area contributed by atoms with Gasteiger partial charge in [-0.25, -0.2) is 4.68 Å². The number of nitrogens with zero attached hydrogens (tertiary/aromatic N) is 2. The molecule has 0 atom stereocenters. The number of anilines is 1. The zero-order valence-electron chi connectivity index (χ0n) is 15.9. The van der Waals surface area contributed by atoms with Crippen LogP contribution >= 0.6 is 23.2 Å². The second-order valence-corrected chi connectivity index (χ2v) is 8.17. The van der Waals surface area contributed by atoms with Crippen LogP contribution in [0, 0.1) is 0 Å². The molecule has 0 radical (unpaired) electrons. The van der Waals surface area contributed by atoms with Crippen molar-refractivity contribution in [3.05, 3.63) is 70.3 Å². The first-order valence-corrected chi connectivity index (χ1v) is 9.53. The molecule has 1 N–H and O–H groups in total. The van der Waals surface area contributed by atoms with Gasteiger partial charge in [-0.05, 0) is 30.3 Å². The lowest BCUT2D eigenvalue weighted by atomic mass is 9.92. The average molecular weight is 418 g/mol. The van der Waals surface area contributed by atoms with Crippen LogP contribution in [0.15, 0.2) is 54.6 Å². The number of hydrogen-bond acceptors (Lipinski definition) is 3. The van der Waals surface area contributed by atoms with Crippen molar-refractivity contribution in [2.24, 2.45) is 0 Å². The normalized spacial score (nSPS) is 11.3. The van der Waals surface area contributed by atoms with Crippen molar-refractivity contribution in [2.45, 2.75) is 26.2 Å². The molecule has 1 heterocycles. The SMILES string of the molecule is CC(C)(C)c1cc(NC(=O)COc2ccc(Cl)cc2Cl)n(-c2ccccc2)n1. The number of hydrogen-bond donors (Lipinski definition) is 1. The third-order valence-corrected chi connectivity index (χ3v) is 4.53. The molecular weight excluding hydrogens is 397 g/mol. The highest BCUT2D eigenvalue weighted by atomic mass is 35.5. The number of amides is 1. The van der Waals surface area contributed by atoms with Crippen LogP contribution < -0.4 is 10.1 Å². The van der Waals surface area contributed by atoms with Gasteiger partial charge in [-0.2, -0.15) is 5.10 Å². The van der Waals surface area contributed by atoms with E-state index in [4.69, 9.17) is 27.9 Å². The van der Waals surface area contributed by atoms with Crippen LogP contribution in [-0.2, 0) is 10.2 Å². The topological polar surface area (TPSA) is 56.1 Å². The summed E-state index contributed by atoms with van der Waals surface area (Å²) in [5.41, 5.74) is 1.57. The van der Waals surface area contributed by atoms with Gasteiger partial charge in [0.25, 0.3) is 5.91 Å². The molecular formula is C21H21Cl2N3O2. The van der Waals surface area contributed by atoms with Crippen LogP contribution in [0.3, 0.4) is 0 Å². The van der Waals surface area contributed by atoms with E-state index in [1.54, 1.807) is 22.9 Å². The largest absolute Gasteiger partial charge is 0.482 e. The highest BCUT2D eigenvalue weighted by Gasteiger charge is 2.21. The molecule has 3 rings (SSSR count). The monoisotopic (exact) mass is 417 g/mol. The maximum absolute atomic E-state index is 12.5. The van der Waals surface area contributed by atoms with Crippen molar-refractivity contribution in [1.82, 2.24) is 9.78 Å². The molecule has 1 amide bonds. The fourth-order valence-electron chi connectivity index (χ4n) is 2.52. The van der Waals surface area contributed by atoms with Crippen molar-refractivity contribution < 1.29 is 9.53 Å². The number of rotatable bonds is 5. The lowest BCUT2D eigenvalue weighted by molar-refractivity contribution is -0.118. The number of aromatic nitrogens is 2. The first kappa shape index (κ1) is 20.2. The Hall–Kier alpha value is -2.50. The summed E-state index contributed by atoms with van der Waals surface area (Å²) in [5.74, 6) is 0.656. The number of benzene rings is 2. The fraction of sp³-hybridized carbons (Fsp3) is 0.238. The van der Waals surface area contributed by atoms with Gasteiger partial charge in [-0.15, -0.1) is 0 Å². The van der Waals surface area contributed by atoms with Gasteiger partial charge in [-0.3, -0.25) is 4.79 Å². The molecule has 7 heteroatoms. The maximum Gasteiger partial charge on any atom is 0.263 e. The van der Waals surface area contributed by atoms with E-state index in [2.05, 4.69) is 31.2 Å². The van der Waals surface area contributed by atoms with E-state index in [9.17, 15) is 4.79 Å². The molecule has 0 bridgehead atoms. The summed E-state index contributed by atoms with van der Waals surface area (Å²) in [4.78, 5) is 12.5. The summed E-state index contributed by atoms with van der Waals surface area (Å²) in [7, 11) is 0. The molecule has 0 aliphatic heterocycles. The number of nitrogens with one attached hydrogen (secondary N) is 1. The minimum Gasteiger partial charge on any atom is -0.482 e. The van der Waals surface area contributed by atoms with E-state index in [0.717, 1.165) is 11.4 Å². The van der Waals surface area contributed by atoms with Gasteiger partial charge in [0.1, 0.15) is 11.6 Å². The van der Waals surface area contributed by atoms with Crippen molar-refractivity contribution in [3.8, 4) is 11.4 Å². The minimum absolute atomic E-state index is 0.160. The van der Waals surface area contributed by atoms with E-state index in [0.29, 0.717) is 21.6 Å². The summed E-state index contributed by atoms with van der Waals surface area (Å²) in [6.07, 6.45) is 0. The van der Waals surface area contributed by atoms with E-state index >= 15 is 0 Å². The number of carbonyl (C=O) groups is 1. The Morgan fingerprint density at radius 1 is 1.11 bits per heavy atom. The number of halogens is 2. The number of para-hydroxylation sites is 1. The predicted octanol–water partition coefficient (Wildman–Crippen LogP) is 5.49. The fourth-order valence-corrected chi connectivity index (χ4v) is 2.98. The quantitative estimate of drug-likeness (QED) is 0.596. The van der Waals surface area contributed by atoms with Crippen molar-refractivity contribution >= 4 is 34.9 Å². The molecule has 2 aromatic carbocycles. The van der Waals surface area contributed by atoms with Gasteiger partial charge < -0.3 is 10.1 Å². The van der Waals surface area contributed by atoms with Crippen LogP contribution in [0.4, 0.5) is 5.82 Å². The number of ether oxygens (including phenoxy) is 1. The maximum atomic E-state index is 12.5. The van der Waals surface area contributed by atoms with Gasteiger partial charge in [0.15, 0.2) is 6.61 Å². The molecule has 0 saturated carbocycles. The van der Waals surface area contributed by atoms with Crippen LogP contribution in [0.5, 0.6) is 5.75 Å². The van der Waals surface area contributed by atoms with E-state index in [-0.39, 0.29) is 17.9 Å². The smallest absolute Gasteiger partial charge is 0.263 e. The Bertz CT molecular complexity index is 979. The average Bonchev–Trinajstić information content (AvgIpc) is 3.06. The molecule has 0 fully saturated rings. The molecule has 3 aromatic rings. The molecule has 0 saturated heterocycles. The predicted molar refractivity (Wildman–Crippen MR) is 113 cm³/mol. The highest BCUT2D eigenvalue weighted by molar-refractivity contribution is 6.35. The van der Waals surface area contributed by atoms with Crippen molar-refractivity contribution in [1.29, 1.82) is 0 Å². The van der Waals surface area contributed by atoms with E-state index in [1.807, 2.05) is 36.4 Å². The second-order valence-electron chi connectivity index (χ2n) is 7.32. The third kappa shape index (κ3) is 4.86.